The van der Waals surface area contributed by atoms with Gasteiger partial charge in [-0.05, 0) is 41.5 Å². The number of nitrogens with zero attached hydrogens (tertiary/aromatic N) is 1. The van der Waals surface area contributed by atoms with Crippen molar-refractivity contribution < 1.29 is 9.53 Å². The zero-order valence-corrected chi connectivity index (χ0v) is 11.8. The molecule has 0 aromatic rings. The molecule has 0 rings (SSSR count). The van der Waals surface area contributed by atoms with Crippen LogP contribution in [0.5, 0.6) is 0 Å². The Bertz CT molecular complexity index is 285. The number of nitrogens with one attached hydrogen (secondary N) is 1. The molecule has 0 aliphatic carbocycles. The van der Waals surface area contributed by atoms with E-state index in [1.54, 1.807) is 0 Å². The molecule has 0 aromatic heterocycles. The molecule has 0 fully saturated rings. The first-order valence-electron chi connectivity index (χ1n) is 5.79. The largest absolute Gasteiger partial charge is 0.460 e. The molecular formula is C12H25N3O2. The summed E-state index contributed by atoms with van der Waals surface area (Å²) >= 11 is 0. The Hall–Kier alpha value is -1.26. The summed E-state index contributed by atoms with van der Waals surface area (Å²) in [5.74, 6) is 0.0888. The van der Waals surface area contributed by atoms with Crippen LogP contribution >= 0.6 is 0 Å². The van der Waals surface area contributed by atoms with Gasteiger partial charge < -0.3 is 15.8 Å². The van der Waals surface area contributed by atoms with Crippen molar-refractivity contribution in [1.82, 2.24) is 5.32 Å². The van der Waals surface area contributed by atoms with E-state index >= 15 is 0 Å². The van der Waals surface area contributed by atoms with Gasteiger partial charge >= 0.3 is 5.97 Å². The summed E-state index contributed by atoms with van der Waals surface area (Å²) in [6, 6.07) is 0. The lowest BCUT2D eigenvalue weighted by molar-refractivity contribution is -0.154. The van der Waals surface area contributed by atoms with Crippen LogP contribution in [0.15, 0.2) is 4.99 Å². The van der Waals surface area contributed by atoms with Gasteiger partial charge in [0.1, 0.15) is 5.60 Å². The number of aliphatic imine (C=N–C) groups is 1. The van der Waals surface area contributed by atoms with Gasteiger partial charge in [-0.1, -0.05) is 0 Å². The summed E-state index contributed by atoms with van der Waals surface area (Å²) in [5, 5.41) is 3.02. The number of nitrogens with two attached hydrogens (primary N) is 1. The first kappa shape index (κ1) is 15.7. The number of carbonyl (C=O) groups is 1. The van der Waals surface area contributed by atoms with E-state index in [1.807, 2.05) is 41.5 Å². The van der Waals surface area contributed by atoms with Crippen molar-refractivity contribution in [3.05, 3.63) is 0 Å². The molecule has 0 spiro atoms. The molecule has 5 nitrogen and oxygen atoms in total. The van der Waals surface area contributed by atoms with Crippen LogP contribution in [0.3, 0.4) is 0 Å². The molecule has 0 aliphatic rings. The zero-order valence-electron chi connectivity index (χ0n) is 11.8. The summed E-state index contributed by atoms with van der Waals surface area (Å²) in [7, 11) is 0. The van der Waals surface area contributed by atoms with E-state index in [2.05, 4.69) is 10.3 Å². The highest BCUT2D eigenvalue weighted by Crippen LogP contribution is 2.08. The van der Waals surface area contributed by atoms with Crippen molar-refractivity contribution in [2.45, 2.75) is 59.1 Å². The standard InChI is InChI=1S/C12H25N3O2/c1-11(2,3)15-10(13)14-8-7-9(16)17-12(4,5)6/h7-8H2,1-6H3,(H3,13,14,15). The van der Waals surface area contributed by atoms with Crippen LogP contribution in [-0.4, -0.2) is 29.6 Å². The van der Waals surface area contributed by atoms with Crippen molar-refractivity contribution in [2.75, 3.05) is 6.54 Å². The molecule has 17 heavy (non-hydrogen) atoms. The highest BCUT2D eigenvalue weighted by Gasteiger charge is 2.15. The Morgan fingerprint density at radius 2 is 1.76 bits per heavy atom. The van der Waals surface area contributed by atoms with Gasteiger partial charge in [-0.3, -0.25) is 9.79 Å². The number of guanidine groups is 1. The molecule has 0 heterocycles. The maximum Gasteiger partial charge on any atom is 0.308 e. The van der Waals surface area contributed by atoms with Crippen LogP contribution in [0, 0.1) is 0 Å². The Labute approximate surface area is 104 Å². The number of esters is 1. The molecule has 0 unspecified atom stereocenters. The van der Waals surface area contributed by atoms with Crippen molar-refractivity contribution in [1.29, 1.82) is 0 Å². The van der Waals surface area contributed by atoms with E-state index in [9.17, 15) is 4.79 Å². The fourth-order valence-corrected chi connectivity index (χ4v) is 1.08. The lowest BCUT2D eigenvalue weighted by atomic mass is 10.1. The maximum atomic E-state index is 11.4. The van der Waals surface area contributed by atoms with Crippen LogP contribution in [0.25, 0.3) is 0 Å². The van der Waals surface area contributed by atoms with E-state index < -0.39 is 5.60 Å². The molecule has 0 saturated carbocycles. The Kier molecular flexibility index (Phi) is 5.45. The second-order valence-electron chi connectivity index (χ2n) is 5.98. The van der Waals surface area contributed by atoms with E-state index in [-0.39, 0.29) is 17.9 Å². The maximum absolute atomic E-state index is 11.4. The number of hydrogen-bond donors (Lipinski definition) is 2. The average molecular weight is 243 g/mol. The molecule has 3 N–H and O–H groups in total. The normalized spacial score (nSPS) is 13.4. The third-order valence-electron chi connectivity index (χ3n) is 1.52. The summed E-state index contributed by atoms with van der Waals surface area (Å²) in [4.78, 5) is 15.4. The van der Waals surface area contributed by atoms with Gasteiger partial charge in [0, 0.05) is 5.54 Å². The highest BCUT2D eigenvalue weighted by atomic mass is 16.6. The van der Waals surface area contributed by atoms with E-state index in [1.165, 1.54) is 0 Å². The van der Waals surface area contributed by atoms with Gasteiger partial charge in [-0.2, -0.15) is 0 Å². The molecule has 0 aromatic carbocycles. The third kappa shape index (κ3) is 11.0. The number of hydrogen-bond acceptors (Lipinski definition) is 3. The molecule has 0 bridgehead atoms. The van der Waals surface area contributed by atoms with Crippen molar-refractivity contribution in [2.24, 2.45) is 10.7 Å². The first-order chi connectivity index (χ1) is 7.49. The predicted molar refractivity (Wildman–Crippen MR) is 69.8 cm³/mol. The molecule has 0 aliphatic heterocycles. The lowest BCUT2D eigenvalue weighted by Gasteiger charge is -2.21. The van der Waals surface area contributed by atoms with Crippen LogP contribution in [0.1, 0.15) is 48.0 Å². The Balaban J connectivity index is 3.98. The second kappa shape index (κ2) is 5.89. The van der Waals surface area contributed by atoms with Gasteiger partial charge in [-0.15, -0.1) is 0 Å². The second-order valence-corrected chi connectivity index (χ2v) is 5.98. The minimum absolute atomic E-state index is 0.125. The van der Waals surface area contributed by atoms with Crippen molar-refractivity contribution in [3.63, 3.8) is 0 Å². The molecular weight excluding hydrogens is 218 g/mol. The van der Waals surface area contributed by atoms with Crippen LogP contribution in [-0.2, 0) is 9.53 Å². The van der Waals surface area contributed by atoms with Gasteiger partial charge in [0.2, 0.25) is 0 Å². The van der Waals surface area contributed by atoms with Crippen LogP contribution in [0.4, 0.5) is 0 Å². The first-order valence-corrected chi connectivity index (χ1v) is 5.79. The minimum Gasteiger partial charge on any atom is -0.460 e. The van der Waals surface area contributed by atoms with E-state index in [0.717, 1.165) is 0 Å². The zero-order chi connectivity index (χ0) is 13.7. The molecule has 0 amide bonds. The fourth-order valence-electron chi connectivity index (χ4n) is 1.08. The predicted octanol–water partition coefficient (Wildman–Crippen LogP) is 1.42. The monoisotopic (exact) mass is 243 g/mol. The van der Waals surface area contributed by atoms with E-state index in [0.29, 0.717) is 12.5 Å². The van der Waals surface area contributed by atoms with Gasteiger partial charge in [-0.25, -0.2) is 0 Å². The number of rotatable bonds is 3. The fraction of sp³-hybridized carbons (Fsp3) is 0.833. The number of carbonyl (C=O) groups excluding carboxylic acids is 1. The number of ether oxygens (including phenoxy) is 1. The van der Waals surface area contributed by atoms with Crippen LogP contribution in [0.2, 0.25) is 0 Å². The lowest BCUT2D eigenvalue weighted by Crippen LogP contribution is -2.45. The van der Waals surface area contributed by atoms with Crippen LogP contribution < -0.4 is 11.1 Å². The smallest absolute Gasteiger partial charge is 0.308 e. The Morgan fingerprint density at radius 1 is 1.24 bits per heavy atom. The van der Waals surface area contributed by atoms with Gasteiger partial charge in [0.25, 0.3) is 0 Å². The van der Waals surface area contributed by atoms with Gasteiger partial charge in [0.15, 0.2) is 5.96 Å². The molecule has 100 valence electrons. The quantitative estimate of drug-likeness (QED) is 0.446. The molecule has 5 heteroatoms. The summed E-state index contributed by atoms with van der Waals surface area (Å²) in [6.45, 7) is 11.8. The van der Waals surface area contributed by atoms with Crippen molar-refractivity contribution >= 4 is 11.9 Å². The van der Waals surface area contributed by atoms with Gasteiger partial charge in [0.05, 0.1) is 13.0 Å². The van der Waals surface area contributed by atoms with E-state index in [4.69, 9.17) is 10.5 Å². The van der Waals surface area contributed by atoms with Crippen molar-refractivity contribution in [3.8, 4) is 0 Å². The highest BCUT2D eigenvalue weighted by molar-refractivity contribution is 5.79. The summed E-state index contributed by atoms with van der Waals surface area (Å²) < 4.78 is 5.15. The SMILES string of the molecule is CC(C)(C)NC(N)=NCCC(=O)OC(C)(C)C. The minimum atomic E-state index is -0.448. The average Bonchev–Trinajstić information content (AvgIpc) is 1.95. The Morgan fingerprint density at radius 3 is 2.18 bits per heavy atom. The summed E-state index contributed by atoms with van der Waals surface area (Å²) in [5.41, 5.74) is 5.09. The third-order valence-corrected chi connectivity index (χ3v) is 1.52. The topological polar surface area (TPSA) is 76.7 Å². The summed E-state index contributed by atoms with van der Waals surface area (Å²) in [6.07, 6.45) is 0.240. The molecule has 0 saturated heterocycles. The molecule has 0 atom stereocenters. The molecule has 0 radical (unpaired) electrons.